The van der Waals surface area contributed by atoms with Crippen molar-refractivity contribution in [3.63, 3.8) is 0 Å². The van der Waals surface area contributed by atoms with Gasteiger partial charge in [0.1, 0.15) is 0 Å². The van der Waals surface area contributed by atoms with E-state index in [0.717, 1.165) is 0 Å². The Bertz CT molecular complexity index is 128. The average Bonchev–Trinajstić information content (AvgIpc) is 1.32. The van der Waals surface area contributed by atoms with E-state index < -0.39 is 10.4 Å². The van der Waals surface area contributed by atoms with Crippen LogP contribution < -0.4 is 35.7 Å². The molecule has 0 aromatic heterocycles. The smallest absolute Gasteiger partial charge is 0.344 e. The van der Waals surface area contributed by atoms with Crippen LogP contribution in [0, 0.1) is 0 Å². The molecule has 0 aromatic carbocycles. The van der Waals surface area contributed by atoms with Gasteiger partial charge in [-0.15, -0.1) is 7.26 Å². The van der Waals surface area contributed by atoms with Crippen molar-refractivity contribution in [3.05, 3.63) is 0 Å². The molecule has 1 heterocycles. The Labute approximate surface area is 73.7 Å². The van der Waals surface area contributed by atoms with E-state index in [2.05, 4.69) is 7.26 Å². The fourth-order valence-electron chi connectivity index (χ4n) is 0.0731. The van der Waals surface area contributed by atoms with Gasteiger partial charge in [0, 0.05) is 0 Å². The fraction of sp³-hybridized carbons (Fsp3) is 0. The third-order valence-corrected chi connectivity index (χ3v) is 2.00. The van der Waals surface area contributed by atoms with Crippen LogP contribution in [0.25, 0.3) is 0 Å². The predicted molar refractivity (Wildman–Crippen MR) is 23.7 cm³/mol. The topological polar surface area (TPSA) is 87.6 Å². The summed E-state index contributed by atoms with van der Waals surface area (Å²) in [6.45, 7) is 0. The first-order chi connectivity index (χ1) is 2.71. The zero-order chi connectivity index (χ0) is 4.62. The fourth-order valence-corrected chi connectivity index (χ4v) is 0.658. The summed E-state index contributed by atoms with van der Waals surface area (Å²) in [5.41, 5.74) is 0. The van der Waals surface area contributed by atoms with E-state index >= 15 is 0 Å². The Morgan fingerprint density at radius 1 is 1.25 bits per heavy atom. The second-order valence-electron chi connectivity index (χ2n) is 0.612. The van der Waals surface area contributed by atoms with Gasteiger partial charge in [-0.2, -0.15) is 8.42 Å². The first-order valence-corrected chi connectivity index (χ1v) is 3.00. The van der Waals surface area contributed by atoms with Crippen molar-refractivity contribution < 1.29 is 45.2 Å². The molecule has 44 valence electrons. The Hall–Kier alpha value is 1.18. The monoisotopic (exact) mass is 168 g/mol. The van der Waals surface area contributed by atoms with Crippen molar-refractivity contribution in [2.75, 3.05) is 0 Å². The minimum absolute atomic E-state index is 0. The zero-order valence-corrected chi connectivity index (χ0v) is 7.79. The Kier molecular flexibility index (Phi) is 6.06. The number of hydrogen-bond acceptors (Lipinski definition) is 6. The van der Waals surface area contributed by atoms with Crippen molar-refractivity contribution in [2.45, 2.75) is 0 Å². The van der Waals surface area contributed by atoms with Crippen LogP contribution in [0.15, 0.2) is 0 Å². The van der Waals surface area contributed by atoms with Crippen molar-refractivity contribution in [3.8, 4) is 0 Å². The van der Waals surface area contributed by atoms with Gasteiger partial charge in [0.25, 0.3) is 0 Å². The van der Waals surface area contributed by atoms with Crippen molar-refractivity contribution >= 4 is 22.7 Å². The van der Waals surface area contributed by atoms with E-state index in [0.29, 0.717) is 12.3 Å². The van der Waals surface area contributed by atoms with E-state index in [1.807, 2.05) is 0 Å². The van der Waals surface area contributed by atoms with Crippen LogP contribution in [-0.4, -0.2) is 8.42 Å². The van der Waals surface area contributed by atoms with E-state index in [4.69, 9.17) is 0 Å². The zero-order valence-electron chi connectivity index (χ0n) is 4.16. The van der Waals surface area contributed by atoms with Crippen LogP contribution >= 0.6 is 12.3 Å². The molecule has 0 atom stereocenters. The SMILES string of the molecule is N.O=S1(=O)OSO1.[Na+]. The Morgan fingerprint density at radius 2 is 1.50 bits per heavy atom. The van der Waals surface area contributed by atoms with E-state index in [1.54, 1.807) is 0 Å². The van der Waals surface area contributed by atoms with Gasteiger partial charge in [-0.3, -0.25) is 0 Å². The summed E-state index contributed by atoms with van der Waals surface area (Å²) < 4.78 is 26.8. The molecule has 0 amide bonds. The standard InChI is InChI=1S/H3N.Na.O4S2/c;;1-6(2)3-5-4-6/h1H3;;/q;+1;. The summed E-state index contributed by atoms with van der Waals surface area (Å²) in [6, 6.07) is 0. The van der Waals surface area contributed by atoms with Crippen LogP contribution in [0.2, 0.25) is 0 Å². The average molecular weight is 168 g/mol. The molecule has 0 saturated carbocycles. The number of rotatable bonds is 0. The molecule has 8 heavy (non-hydrogen) atoms. The Balaban J connectivity index is 0. The van der Waals surface area contributed by atoms with Gasteiger partial charge in [0.15, 0.2) is 12.3 Å². The van der Waals surface area contributed by atoms with Crippen LogP contribution in [0.5, 0.6) is 0 Å². The van der Waals surface area contributed by atoms with E-state index in [1.165, 1.54) is 0 Å². The molecule has 1 fully saturated rings. The summed E-state index contributed by atoms with van der Waals surface area (Å²) in [6.07, 6.45) is 0. The second kappa shape index (κ2) is 4.07. The van der Waals surface area contributed by atoms with Gasteiger partial charge in [0.05, 0.1) is 0 Å². The molecule has 0 unspecified atom stereocenters. The van der Waals surface area contributed by atoms with Gasteiger partial charge in [0.2, 0.25) is 0 Å². The molecule has 3 N–H and O–H groups in total. The van der Waals surface area contributed by atoms with E-state index in [-0.39, 0.29) is 35.7 Å². The summed E-state index contributed by atoms with van der Waals surface area (Å²) in [5.74, 6) is 0. The molecule has 1 saturated heterocycles. The number of hydrogen-bond donors (Lipinski definition) is 1. The molecule has 0 aromatic rings. The molecule has 0 bridgehead atoms. The normalized spacial score (nSPS) is 21.5. The Morgan fingerprint density at radius 3 is 1.50 bits per heavy atom. The molecular formula is H3NNaO4S2+. The summed E-state index contributed by atoms with van der Waals surface area (Å²) >= 11 is 0.456. The molecule has 0 aliphatic carbocycles. The van der Waals surface area contributed by atoms with Crippen LogP contribution in [0.1, 0.15) is 0 Å². The van der Waals surface area contributed by atoms with Crippen molar-refractivity contribution in [2.24, 2.45) is 0 Å². The summed E-state index contributed by atoms with van der Waals surface area (Å²) in [4.78, 5) is 0. The largest absolute Gasteiger partial charge is 1.00 e. The third-order valence-electron chi connectivity index (χ3n) is 0.222. The maximum absolute atomic E-state index is 9.62. The molecule has 0 spiro atoms. The molecular weight excluding hydrogens is 165 g/mol. The molecule has 1 aliphatic heterocycles. The van der Waals surface area contributed by atoms with Crippen molar-refractivity contribution in [1.29, 1.82) is 0 Å². The minimum atomic E-state index is -3.52. The van der Waals surface area contributed by atoms with Crippen molar-refractivity contribution in [1.82, 2.24) is 6.15 Å². The molecule has 8 heteroatoms. The van der Waals surface area contributed by atoms with Crippen LogP contribution in [0.4, 0.5) is 0 Å². The van der Waals surface area contributed by atoms with Gasteiger partial charge < -0.3 is 6.15 Å². The minimum Gasteiger partial charge on any atom is -0.344 e. The molecule has 1 aliphatic rings. The second-order valence-corrected chi connectivity index (χ2v) is 2.65. The maximum Gasteiger partial charge on any atom is 1.00 e. The molecule has 0 radical (unpaired) electrons. The van der Waals surface area contributed by atoms with Gasteiger partial charge >= 0.3 is 40.0 Å². The first kappa shape index (κ1) is 11.9. The van der Waals surface area contributed by atoms with Gasteiger partial charge in [-0.05, 0) is 0 Å². The summed E-state index contributed by atoms with van der Waals surface area (Å²) in [5, 5.41) is 0. The van der Waals surface area contributed by atoms with Crippen LogP contribution in [0.3, 0.4) is 0 Å². The third kappa shape index (κ3) is 3.25. The van der Waals surface area contributed by atoms with E-state index in [9.17, 15) is 8.42 Å². The predicted octanol–water partition coefficient (Wildman–Crippen LogP) is -2.99. The van der Waals surface area contributed by atoms with Crippen LogP contribution in [-0.2, 0) is 17.7 Å². The maximum atomic E-state index is 9.62. The van der Waals surface area contributed by atoms with Gasteiger partial charge in [-0.1, -0.05) is 0 Å². The summed E-state index contributed by atoms with van der Waals surface area (Å²) in [7, 11) is -3.52. The molecule has 5 nitrogen and oxygen atoms in total. The van der Waals surface area contributed by atoms with Gasteiger partial charge in [-0.25, -0.2) is 0 Å². The first-order valence-electron chi connectivity index (χ1n) is 1.00. The molecule has 1 rings (SSSR count). The quantitative estimate of drug-likeness (QED) is 0.306.